The highest BCUT2D eigenvalue weighted by Crippen LogP contribution is 2.09. The molecule has 0 bridgehead atoms. The molecule has 0 radical (unpaired) electrons. The molecule has 2 heterocycles. The quantitative estimate of drug-likeness (QED) is 0.840. The molecular formula is C14H27N3O2. The Labute approximate surface area is 116 Å². The van der Waals surface area contributed by atoms with Crippen LogP contribution in [0.2, 0.25) is 0 Å². The van der Waals surface area contributed by atoms with E-state index in [1.54, 1.807) is 0 Å². The summed E-state index contributed by atoms with van der Waals surface area (Å²) in [5.74, 6) is 0. The fraction of sp³-hybridized carbons (Fsp3) is 0.929. The van der Waals surface area contributed by atoms with Crippen molar-refractivity contribution in [2.75, 3.05) is 45.9 Å². The number of rotatable bonds is 3. The highest BCUT2D eigenvalue weighted by molar-refractivity contribution is 5.74. The largest absolute Gasteiger partial charge is 0.379 e. The van der Waals surface area contributed by atoms with Crippen molar-refractivity contribution in [2.45, 2.75) is 38.6 Å². The van der Waals surface area contributed by atoms with Crippen LogP contribution in [-0.4, -0.2) is 67.8 Å². The number of likely N-dealkylation sites (tertiary alicyclic amines) is 1. The topological polar surface area (TPSA) is 44.8 Å². The minimum Gasteiger partial charge on any atom is -0.379 e. The van der Waals surface area contributed by atoms with E-state index in [4.69, 9.17) is 4.74 Å². The van der Waals surface area contributed by atoms with Gasteiger partial charge in [-0.25, -0.2) is 4.79 Å². The maximum atomic E-state index is 12.2. The summed E-state index contributed by atoms with van der Waals surface area (Å²) in [6.45, 7) is 8.41. The van der Waals surface area contributed by atoms with E-state index >= 15 is 0 Å². The van der Waals surface area contributed by atoms with Crippen LogP contribution in [0.25, 0.3) is 0 Å². The summed E-state index contributed by atoms with van der Waals surface area (Å²) in [5.41, 5.74) is 0. The molecule has 1 unspecified atom stereocenters. The van der Waals surface area contributed by atoms with E-state index in [2.05, 4.69) is 17.1 Å². The Morgan fingerprint density at radius 2 is 1.74 bits per heavy atom. The third kappa shape index (κ3) is 4.99. The first kappa shape index (κ1) is 14.6. The van der Waals surface area contributed by atoms with Gasteiger partial charge in [0.25, 0.3) is 0 Å². The molecule has 0 spiro atoms. The maximum Gasteiger partial charge on any atom is 0.317 e. The van der Waals surface area contributed by atoms with Crippen molar-refractivity contribution in [3.05, 3.63) is 0 Å². The van der Waals surface area contributed by atoms with Gasteiger partial charge in [-0.1, -0.05) is 12.8 Å². The Morgan fingerprint density at radius 1 is 1.11 bits per heavy atom. The predicted octanol–water partition coefficient (Wildman–Crippen LogP) is 1.29. The molecule has 2 saturated heterocycles. The first-order valence-corrected chi connectivity index (χ1v) is 7.61. The van der Waals surface area contributed by atoms with Gasteiger partial charge in [0.05, 0.1) is 13.2 Å². The highest BCUT2D eigenvalue weighted by atomic mass is 16.5. The van der Waals surface area contributed by atoms with Crippen LogP contribution in [0.5, 0.6) is 0 Å². The monoisotopic (exact) mass is 269 g/mol. The van der Waals surface area contributed by atoms with Crippen LogP contribution in [0.15, 0.2) is 0 Å². The Morgan fingerprint density at radius 3 is 2.37 bits per heavy atom. The number of morpholine rings is 1. The number of hydrogen-bond acceptors (Lipinski definition) is 3. The minimum atomic E-state index is 0.114. The number of nitrogens with zero attached hydrogens (tertiary/aromatic N) is 2. The van der Waals surface area contributed by atoms with Gasteiger partial charge in [0.1, 0.15) is 0 Å². The second-order valence-electron chi connectivity index (χ2n) is 5.66. The number of ether oxygens (including phenoxy) is 1. The lowest BCUT2D eigenvalue weighted by atomic mass is 10.2. The molecule has 19 heavy (non-hydrogen) atoms. The molecule has 0 aromatic rings. The van der Waals surface area contributed by atoms with Crippen LogP contribution < -0.4 is 5.32 Å². The van der Waals surface area contributed by atoms with Crippen LogP contribution >= 0.6 is 0 Å². The molecule has 2 amide bonds. The van der Waals surface area contributed by atoms with E-state index in [9.17, 15) is 4.79 Å². The van der Waals surface area contributed by atoms with Crippen LogP contribution in [0, 0.1) is 0 Å². The zero-order valence-corrected chi connectivity index (χ0v) is 12.1. The van der Waals surface area contributed by atoms with E-state index in [1.807, 2.05) is 4.90 Å². The Balaban J connectivity index is 1.70. The standard InChI is InChI=1S/C14H27N3O2/c1-13(12-16-8-10-19-11-9-16)15-14(18)17-6-4-2-3-5-7-17/h13H,2-12H2,1H3,(H,15,18). The van der Waals surface area contributed by atoms with Crippen molar-refractivity contribution in [3.8, 4) is 0 Å². The molecule has 5 heteroatoms. The van der Waals surface area contributed by atoms with Crippen molar-refractivity contribution < 1.29 is 9.53 Å². The van der Waals surface area contributed by atoms with Gasteiger partial charge < -0.3 is 15.0 Å². The molecule has 0 aliphatic carbocycles. The Kier molecular flexibility index (Phi) is 5.92. The lowest BCUT2D eigenvalue weighted by Gasteiger charge is -2.30. The molecule has 1 atom stereocenters. The van der Waals surface area contributed by atoms with Gasteiger partial charge in [-0.05, 0) is 19.8 Å². The van der Waals surface area contributed by atoms with Crippen molar-refractivity contribution in [1.29, 1.82) is 0 Å². The molecule has 0 saturated carbocycles. The summed E-state index contributed by atoms with van der Waals surface area (Å²) < 4.78 is 5.33. The highest BCUT2D eigenvalue weighted by Gasteiger charge is 2.19. The van der Waals surface area contributed by atoms with Crippen LogP contribution in [0.4, 0.5) is 4.79 Å². The summed E-state index contributed by atoms with van der Waals surface area (Å²) in [7, 11) is 0. The zero-order chi connectivity index (χ0) is 13.5. The van der Waals surface area contributed by atoms with Crippen LogP contribution in [-0.2, 0) is 4.74 Å². The molecular weight excluding hydrogens is 242 g/mol. The van der Waals surface area contributed by atoms with Crippen LogP contribution in [0.1, 0.15) is 32.6 Å². The number of hydrogen-bond donors (Lipinski definition) is 1. The summed E-state index contributed by atoms with van der Waals surface area (Å²) in [6.07, 6.45) is 4.80. The lowest BCUT2D eigenvalue weighted by Crippen LogP contribution is -2.49. The number of carbonyl (C=O) groups excluding carboxylic acids is 1. The first-order chi connectivity index (χ1) is 9.25. The minimum absolute atomic E-state index is 0.114. The van der Waals surface area contributed by atoms with Gasteiger partial charge in [-0.3, -0.25) is 4.90 Å². The van der Waals surface area contributed by atoms with E-state index in [1.165, 1.54) is 12.8 Å². The summed E-state index contributed by atoms with van der Waals surface area (Å²) in [4.78, 5) is 16.5. The molecule has 110 valence electrons. The van der Waals surface area contributed by atoms with Gasteiger partial charge >= 0.3 is 6.03 Å². The van der Waals surface area contributed by atoms with Crippen molar-refractivity contribution >= 4 is 6.03 Å². The number of urea groups is 1. The Hall–Kier alpha value is -0.810. The first-order valence-electron chi connectivity index (χ1n) is 7.61. The second kappa shape index (κ2) is 7.70. The molecule has 2 aliphatic rings. The molecule has 0 aromatic heterocycles. The molecule has 2 fully saturated rings. The van der Waals surface area contributed by atoms with Gasteiger partial charge in [-0.15, -0.1) is 0 Å². The van der Waals surface area contributed by atoms with Gasteiger partial charge in [0.2, 0.25) is 0 Å². The maximum absolute atomic E-state index is 12.2. The van der Waals surface area contributed by atoms with Crippen molar-refractivity contribution in [3.63, 3.8) is 0 Å². The number of amides is 2. The normalized spacial score (nSPS) is 23.7. The third-order valence-electron chi connectivity index (χ3n) is 3.90. The van der Waals surface area contributed by atoms with Gasteiger partial charge in [0, 0.05) is 38.8 Å². The smallest absolute Gasteiger partial charge is 0.317 e. The van der Waals surface area contributed by atoms with Gasteiger partial charge in [0.15, 0.2) is 0 Å². The Bertz CT molecular complexity index is 272. The molecule has 1 N–H and O–H groups in total. The molecule has 2 rings (SSSR count). The van der Waals surface area contributed by atoms with E-state index in [0.29, 0.717) is 0 Å². The summed E-state index contributed by atoms with van der Waals surface area (Å²) in [5, 5.41) is 3.13. The van der Waals surface area contributed by atoms with Crippen molar-refractivity contribution in [1.82, 2.24) is 15.1 Å². The average Bonchev–Trinajstić information content (AvgIpc) is 2.68. The zero-order valence-electron chi connectivity index (χ0n) is 12.1. The fourth-order valence-corrected chi connectivity index (χ4v) is 2.79. The number of carbonyl (C=O) groups is 1. The SMILES string of the molecule is CC(CN1CCOCC1)NC(=O)N1CCCCCC1. The van der Waals surface area contributed by atoms with Gasteiger partial charge in [-0.2, -0.15) is 0 Å². The summed E-state index contributed by atoms with van der Waals surface area (Å²) in [6, 6.07) is 0.316. The second-order valence-corrected chi connectivity index (χ2v) is 5.66. The number of nitrogens with one attached hydrogen (secondary N) is 1. The lowest BCUT2D eigenvalue weighted by molar-refractivity contribution is 0.0346. The summed E-state index contributed by atoms with van der Waals surface area (Å²) >= 11 is 0. The van der Waals surface area contributed by atoms with E-state index in [-0.39, 0.29) is 12.1 Å². The van der Waals surface area contributed by atoms with Crippen LogP contribution in [0.3, 0.4) is 0 Å². The molecule has 0 aromatic carbocycles. The molecule has 5 nitrogen and oxygen atoms in total. The van der Waals surface area contributed by atoms with E-state index < -0.39 is 0 Å². The average molecular weight is 269 g/mol. The van der Waals surface area contributed by atoms with E-state index in [0.717, 1.165) is 58.8 Å². The molecule has 2 aliphatic heterocycles. The third-order valence-corrected chi connectivity index (χ3v) is 3.90. The predicted molar refractivity (Wildman–Crippen MR) is 75.3 cm³/mol. The van der Waals surface area contributed by atoms with Crippen molar-refractivity contribution in [2.24, 2.45) is 0 Å². The fourth-order valence-electron chi connectivity index (χ4n) is 2.79.